The zero-order valence-electron chi connectivity index (χ0n) is 14.8. The molecule has 1 unspecified atom stereocenters. The third-order valence-electron chi connectivity index (χ3n) is 5.20. The Morgan fingerprint density at radius 1 is 1.12 bits per heavy atom. The summed E-state index contributed by atoms with van der Waals surface area (Å²) in [7, 11) is 0. The fourth-order valence-electron chi connectivity index (χ4n) is 3.87. The van der Waals surface area contributed by atoms with E-state index in [0.717, 1.165) is 45.7 Å². The van der Waals surface area contributed by atoms with E-state index in [9.17, 15) is 4.79 Å². The minimum atomic E-state index is -0.0132. The number of para-hydroxylation sites is 1. The van der Waals surface area contributed by atoms with E-state index >= 15 is 0 Å². The van der Waals surface area contributed by atoms with Crippen LogP contribution < -0.4 is 4.90 Å². The van der Waals surface area contributed by atoms with Crippen LogP contribution >= 0.6 is 0 Å². The van der Waals surface area contributed by atoms with Crippen LogP contribution in [0.3, 0.4) is 0 Å². The Morgan fingerprint density at radius 3 is 2.58 bits per heavy atom. The van der Waals surface area contributed by atoms with Crippen molar-refractivity contribution >= 4 is 11.6 Å². The van der Waals surface area contributed by atoms with Crippen molar-refractivity contribution < 1.29 is 4.79 Å². The summed E-state index contributed by atoms with van der Waals surface area (Å²) in [5, 5.41) is 0. The highest BCUT2D eigenvalue weighted by atomic mass is 16.2. The third-order valence-corrected chi connectivity index (χ3v) is 5.20. The summed E-state index contributed by atoms with van der Waals surface area (Å²) in [5.74, 6) is 5.40. The smallest absolute Gasteiger partial charge is 0.298 e. The molecule has 3 rings (SSSR count). The van der Waals surface area contributed by atoms with E-state index in [1.807, 2.05) is 4.90 Å². The lowest BCUT2D eigenvalue weighted by Crippen LogP contribution is -2.55. The average molecular weight is 325 g/mol. The highest BCUT2D eigenvalue weighted by molar-refractivity contribution is 5.93. The van der Waals surface area contributed by atoms with E-state index in [2.05, 4.69) is 52.8 Å². The molecule has 2 heterocycles. The number of hydrogen-bond acceptors (Lipinski definition) is 3. The predicted octanol–water partition coefficient (Wildman–Crippen LogP) is 2.13. The lowest BCUT2D eigenvalue weighted by atomic mass is 10.0. The van der Waals surface area contributed by atoms with Crippen molar-refractivity contribution in [2.75, 3.05) is 44.2 Å². The van der Waals surface area contributed by atoms with Gasteiger partial charge in [0.15, 0.2) is 0 Å². The molecule has 24 heavy (non-hydrogen) atoms. The zero-order chi connectivity index (χ0) is 16.9. The van der Waals surface area contributed by atoms with E-state index in [1.165, 1.54) is 17.7 Å². The zero-order valence-corrected chi connectivity index (χ0v) is 14.8. The molecule has 0 saturated carbocycles. The van der Waals surface area contributed by atoms with Crippen LogP contribution in [0.5, 0.6) is 0 Å². The number of amides is 1. The summed E-state index contributed by atoms with van der Waals surface area (Å²) in [5.41, 5.74) is 2.70. The largest absolute Gasteiger partial charge is 0.369 e. The van der Waals surface area contributed by atoms with Crippen molar-refractivity contribution in [3.8, 4) is 11.8 Å². The van der Waals surface area contributed by atoms with Crippen molar-refractivity contribution in [3.05, 3.63) is 29.8 Å². The summed E-state index contributed by atoms with van der Waals surface area (Å²) < 4.78 is 0. The number of anilines is 1. The Morgan fingerprint density at radius 2 is 1.88 bits per heavy atom. The molecule has 0 spiro atoms. The molecule has 2 aliphatic heterocycles. The molecule has 128 valence electrons. The molecular weight excluding hydrogens is 298 g/mol. The summed E-state index contributed by atoms with van der Waals surface area (Å²) >= 11 is 0. The van der Waals surface area contributed by atoms with Crippen LogP contribution in [0.2, 0.25) is 0 Å². The quantitative estimate of drug-likeness (QED) is 0.780. The molecule has 1 amide bonds. The van der Waals surface area contributed by atoms with Gasteiger partial charge in [0.1, 0.15) is 0 Å². The Balaban J connectivity index is 1.57. The van der Waals surface area contributed by atoms with Gasteiger partial charge in [-0.15, -0.1) is 0 Å². The van der Waals surface area contributed by atoms with Crippen molar-refractivity contribution in [1.82, 2.24) is 9.80 Å². The number of carbonyl (C=O) groups excluding carboxylic acids is 1. The van der Waals surface area contributed by atoms with Crippen LogP contribution in [0.25, 0.3) is 0 Å². The maximum absolute atomic E-state index is 12.0. The van der Waals surface area contributed by atoms with Gasteiger partial charge in [-0.1, -0.05) is 24.1 Å². The van der Waals surface area contributed by atoms with E-state index in [1.54, 1.807) is 6.92 Å². The Labute approximate surface area is 145 Å². The number of carbonyl (C=O) groups is 1. The first kappa shape index (κ1) is 16.9. The van der Waals surface area contributed by atoms with Gasteiger partial charge in [0.25, 0.3) is 5.91 Å². The van der Waals surface area contributed by atoms with Crippen LogP contribution in [-0.2, 0) is 4.79 Å². The minimum absolute atomic E-state index is 0.0132. The second-order valence-electron chi connectivity index (χ2n) is 6.73. The fraction of sp³-hybridized carbons (Fsp3) is 0.550. The van der Waals surface area contributed by atoms with Gasteiger partial charge < -0.3 is 9.80 Å². The molecule has 1 aromatic carbocycles. The Kier molecular flexibility index (Phi) is 5.42. The number of piperazine rings is 1. The van der Waals surface area contributed by atoms with Crippen LogP contribution in [0.4, 0.5) is 5.69 Å². The number of nitrogens with zero attached hydrogens (tertiary/aromatic N) is 3. The number of benzene rings is 1. The Bertz CT molecular complexity index is 638. The molecule has 2 saturated heterocycles. The van der Waals surface area contributed by atoms with Gasteiger partial charge >= 0.3 is 0 Å². The van der Waals surface area contributed by atoms with Crippen LogP contribution in [0.15, 0.2) is 24.3 Å². The highest BCUT2D eigenvalue weighted by Crippen LogP contribution is 2.23. The first-order valence-electron chi connectivity index (χ1n) is 8.95. The molecule has 2 aliphatic rings. The summed E-state index contributed by atoms with van der Waals surface area (Å²) in [6.45, 7) is 9.85. The summed E-state index contributed by atoms with van der Waals surface area (Å²) in [6, 6.07) is 9.10. The van der Waals surface area contributed by atoms with Gasteiger partial charge in [-0.25, -0.2) is 0 Å². The van der Waals surface area contributed by atoms with E-state index in [0.29, 0.717) is 6.04 Å². The first-order chi connectivity index (χ1) is 11.7. The topological polar surface area (TPSA) is 26.8 Å². The number of piperidine rings is 1. The van der Waals surface area contributed by atoms with Gasteiger partial charge in [-0.3, -0.25) is 9.69 Å². The minimum Gasteiger partial charge on any atom is -0.369 e. The molecule has 4 nitrogen and oxygen atoms in total. The van der Waals surface area contributed by atoms with Crippen LogP contribution in [0.1, 0.15) is 25.3 Å². The van der Waals surface area contributed by atoms with Crippen molar-refractivity contribution in [1.29, 1.82) is 0 Å². The van der Waals surface area contributed by atoms with Crippen molar-refractivity contribution in [2.24, 2.45) is 0 Å². The normalized spacial score (nSPS) is 22.0. The first-order valence-corrected chi connectivity index (χ1v) is 8.95. The van der Waals surface area contributed by atoms with Crippen LogP contribution in [-0.4, -0.2) is 61.0 Å². The monoisotopic (exact) mass is 325 g/mol. The van der Waals surface area contributed by atoms with E-state index in [4.69, 9.17) is 0 Å². The maximum Gasteiger partial charge on any atom is 0.298 e. The molecule has 0 bridgehead atoms. The lowest BCUT2D eigenvalue weighted by Gasteiger charge is -2.43. The van der Waals surface area contributed by atoms with E-state index in [-0.39, 0.29) is 5.91 Å². The fourth-order valence-corrected chi connectivity index (χ4v) is 3.87. The SMILES string of the molecule is CC#CC(=O)N1CCCC(N2CCN(c3ccccc3C)CC2)C1. The van der Waals surface area contributed by atoms with Crippen molar-refractivity contribution in [2.45, 2.75) is 32.7 Å². The molecule has 1 aromatic rings. The molecule has 4 heteroatoms. The number of hydrogen-bond donors (Lipinski definition) is 0. The second-order valence-corrected chi connectivity index (χ2v) is 6.73. The molecule has 2 fully saturated rings. The van der Waals surface area contributed by atoms with E-state index < -0.39 is 0 Å². The van der Waals surface area contributed by atoms with Gasteiger partial charge in [-0.2, -0.15) is 0 Å². The number of likely N-dealkylation sites (tertiary alicyclic amines) is 1. The Hall–Kier alpha value is -1.99. The van der Waals surface area contributed by atoms with Crippen LogP contribution in [0, 0.1) is 18.8 Å². The predicted molar refractivity (Wildman–Crippen MR) is 98.0 cm³/mol. The van der Waals surface area contributed by atoms with Gasteiger partial charge in [0.05, 0.1) is 0 Å². The molecule has 0 aromatic heterocycles. The second kappa shape index (κ2) is 7.72. The number of rotatable bonds is 2. The maximum atomic E-state index is 12.0. The summed E-state index contributed by atoms with van der Waals surface area (Å²) in [6.07, 6.45) is 2.27. The number of aryl methyl sites for hydroxylation is 1. The van der Waals surface area contributed by atoms with Gasteiger partial charge in [0.2, 0.25) is 0 Å². The van der Waals surface area contributed by atoms with Gasteiger partial charge in [0, 0.05) is 51.0 Å². The standard InChI is InChI=1S/C20H27N3O/c1-3-7-20(24)23-11-6-9-18(16-23)21-12-14-22(15-13-21)19-10-5-4-8-17(19)2/h4-5,8,10,18H,6,9,11-16H2,1-2H3. The molecule has 0 aliphatic carbocycles. The molecule has 0 N–H and O–H groups in total. The molecule has 1 atom stereocenters. The van der Waals surface area contributed by atoms with Crippen molar-refractivity contribution in [3.63, 3.8) is 0 Å². The van der Waals surface area contributed by atoms with Gasteiger partial charge in [-0.05, 0) is 44.2 Å². The molecular formula is C20H27N3O. The third kappa shape index (κ3) is 3.73. The highest BCUT2D eigenvalue weighted by Gasteiger charge is 2.29. The summed E-state index contributed by atoms with van der Waals surface area (Å²) in [4.78, 5) is 19.0. The molecule has 0 radical (unpaired) electrons. The lowest BCUT2D eigenvalue weighted by molar-refractivity contribution is -0.127. The average Bonchev–Trinajstić information content (AvgIpc) is 2.63.